The number of carbonyl (C=O) groups excluding carboxylic acids is 4. The Morgan fingerprint density at radius 3 is 1.27 bits per heavy atom. The fourth-order valence-electron chi connectivity index (χ4n) is 2.32. The number of hydrogen-bond acceptors (Lipinski definition) is 8. The third-order valence-electron chi connectivity index (χ3n) is 5.78. The van der Waals surface area contributed by atoms with Gasteiger partial charge in [0.2, 0.25) is 0 Å². The van der Waals surface area contributed by atoms with E-state index in [1.807, 2.05) is 62.3 Å². The Bertz CT molecular complexity index is 964. The van der Waals surface area contributed by atoms with Gasteiger partial charge >= 0.3 is 0 Å². The van der Waals surface area contributed by atoms with Crippen LogP contribution in [0, 0.1) is 27.6 Å². The van der Waals surface area contributed by atoms with Crippen molar-refractivity contribution in [3.05, 3.63) is 0 Å². The van der Waals surface area contributed by atoms with Crippen molar-refractivity contribution in [3.8, 4) is 0 Å². The lowest BCUT2D eigenvalue weighted by Crippen LogP contribution is -2.27. The molecule has 0 saturated heterocycles. The molecule has 1 fully saturated rings. The van der Waals surface area contributed by atoms with Crippen molar-refractivity contribution >= 4 is 43.8 Å². The number of hydrogen-bond donors (Lipinski definition) is 0. The zero-order valence-corrected chi connectivity index (χ0v) is 30.2. The molecule has 0 amide bonds. The van der Waals surface area contributed by atoms with Crippen LogP contribution in [0.5, 0.6) is 0 Å². The molecule has 1 rings (SSSR count). The normalized spacial score (nSPS) is 14.6. The summed E-state index contributed by atoms with van der Waals surface area (Å²) in [5.41, 5.74) is -1.21. The van der Waals surface area contributed by atoms with E-state index in [2.05, 4.69) is 0 Å². The smallest absolute Gasteiger partial charge is 0.154 e. The van der Waals surface area contributed by atoms with Gasteiger partial charge in [-0.1, -0.05) is 83.1 Å². The largest absolute Gasteiger partial charge is 0.384 e. The van der Waals surface area contributed by atoms with E-state index in [0.717, 1.165) is 18.6 Å². The van der Waals surface area contributed by atoms with Gasteiger partial charge in [0, 0.05) is 64.9 Å². The first-order valence-corrected chi connectivity index (χ1v) is 17.8. The summed E-state index contributed by atoms with van der Waals surface area (Å²) in [6.45, 7) is 22.9. The second-order valence-corrected chi connectivity index (χ2v) is 18.4. The fourth-order valence-corrected chi connectivity index (χ4v) is 4.03. The summed E-state index contributed by atoms with van der Waals surface area (Å²) in [5, 5.41) is 0. The molecule has 41 heavy (non-hydrogen) atoms. The Kier molecular flexibility index (Phi) is 19.8. The molecule has 1 atom stereocenters. The minimum Gasteiger partial charge on any atom is -0.384 e. The molecule has 0 N–H and O–H groups in total. The predicted molar refractivity (Wildman–Crippen MR) is 170 cm³/mol. The molecule has 8 nitrogen and oxygen atoms in total. The van der Waals surface area contributed by atoms with Gasteiger partial charge in [0.1, 0.15) is 17.3 Å². The summed E-state index contributed by atoms with van der Waals surface area (Å²) in [6.07, 6.45) is 6.52. The first-order valence-electron chi connectivity index (χ1n) is 14.0. The number of methoxy groups -OCH3 is 1. The summed E-state index contributed by atoms with van der Waals surface area (Å²) in [4.78, 5) is 44.6. The molecule has 0 aromatic rings. The number of ether oxygens (including phenoxy) is 1. The number of sulfone groups is 1. The first kappa shape index (κ1) is 44.2. The number of ketones is 4. The van der Waals surface area contributed by atoms with Gasteiger partial charge in [-0.25, -0.2) is 8.42 Å². The molecule has 0 radical (unpaired) electrons. The number of carbonyl (C=O) groups is 4. The Hall–Kier alpha value is -1.26. The number of rotatable bonds is 9. The van der Waals surface area contributed by atoms with Crippen LogP contribution in [0.25, 0.3) is 0 Å². The van der Waals surface area contributed by atoms with Crippen molar-refractivity contribution in [3.63, 3.8) is 0 Å². The van der Waals surface area contributed by atoms with Gasteiger partial charge < -0.3 is 4.74 Å². The van der Waals surface area contributed by atoms with Crippen LogP contribution in [0.3, 0.4) is 0 Å². The highest BCUT2D eigenvalue weighted by Gasteiger charge is 2.30. The molecule has 0 aliphatic heterocycles. The van der Waals surface area contributed by atoms with Crippen LogP contribution in [0.15, 0.2) is 0 Å². The summed E-state index contributed by atoms with van der Waals surface area (Å²) < 4.78 is 36.7. The Morgan fingerprint density at radius 1 is 0.707 bits per heavy atom. The van der Waals surface area contributed by atoms with Crippen LogP contribution < -0.4 is 0 Å². The minimum absolute atomic E-state index is 0.0633. The van der Waals surface area contributed by atoms with Gasteiger partial charge in [0.25, 0.3) is 0 Å². The van der Waals surface area contributed by atoms with Crippen molar-refractivity contribution in [1.29, 1.82) is 0 Å². The van der Waals surface area contributed by atoms with Gasteiger partial charge in [-0.05, 0) is 18.8 Å². The Morgan fingerprint density at radius 2 is 1.07 bits per heavy atom. The maximum Gasteiger partial charge on any atom is 0.154 e. The SMILES string of the molecule is CC(C)(C)C(=O)CC1CC1.CC(C)(C)C(=O)CS(C)(=O)=O.COCCC(=O)C(C)(C)C.CS(=O)CC(=O)C(C)(C)C. The quantitative estimate of drug-likeness (QED) is 0.321. The molecule has 1 saturated carbocycles. The molecule has 10 heteroatoms. The van der Waals surface area contributed by atoms with Crippen LogP contribution in [0.4, 0.5) is 0 Å². The monoisotopic (exact) mass is 624 g/mol. The highest BCUT2D eigenvalue weighted by atomic mass is 32.2. The van der Waals surface area contributed by atoms with Crippen LogP contribution >= 0.6 is 0 Å². The maximum absolute atomic E-state index is 11.3. The van der Waals surface area contributed by atoms with E-state index in [4.69, 9.17) is 4.74 Å². The molecule has 1 unspecified atom stereocenters. The van der Waals surface area contributed by atoms with Crippen molar-refractivity contribution in [2.75, 3.05) is 37.7 Å². The van der Waals surface area contributed by atoms with Crippen LogP contribution in [0.2, 0.25) is 0 Å². The topological polar surface area (TPSA) is 129 Å². The fraction of sp³-hybridized carbons (Fsp3) is 0.871. The molecule has 0 bridgehead atoms. The molecule has 0 aromatic heterocycles. The average Bonchev–Trinajstić information content (AvgIpc) is 3.53. The van der Waals surface area contributed by atoms with E-state index in [1.165, 1.54) is 12.8 Å². The van der Waals surface area contributed by atoms with E-state index >= 15 is 0 Å². The van der Waals surface area contributed by atoms with Crippen LogP contribution in [-0.2, 0) is 44.6 Å². The predicted octanol–water partition coefficient (Wildman–Crippen LogP) is 5.67. The molecular formula is C31H60O8S2. The Balaban J connectivity index is -0.000000470. The molecule has 1 aliphatic rings. The maximum atomic E-state index is 11.3. The lowest BCUT2D eigenvalue weighted by molar-refractivity contribution is -0.127. The summed E-state index contributed by atoms with van der Waals surface area (Å²) in [7, 11) is -2.54. The highest BCUT2D eigenvalue weighted by Crippen LogP contribution is 2.35. The summed E-state index contributed by atoms with van der Waals surface area (Å²) in [6, 6.07) is 0. The zero-order valence-electron chi connectivity index (χ0n) is 28.6. The Labute approximate surface area is 253 Å². The summed E-state index contributed by atoms with van der Waals surface area (Å²) in [5.74, 6) is 1.09. The first-order chi connectivity index (χ1) is 17.9. The van der Waals surface area contributed by atoms with Crippen molar-refractivity contribution < 1.29 is 36.5 Å². The van der Waals surface area contributed by atoms with Crippen LogP contribution in [-0.4, -0.2) is 73.5 Å². The van der Waals surface area contributed by atoms with Crippen molar-refractivity contribution in [2.45, 2.75) is 109 Å². The van der Waals surface area contributed by atoms with Crippen LogP contribution in [0.1, 0.15) is 109 Å². The molecule has 1 aliphatic carbocycles. The van der Waals surface area contributed by atoms with Gasteiger partial charge in [0.05, 0.1) is 12.4 Å². The van der Waals surface area contributed by atoms with Crippen molar-refractivity contribution in [2.24, 2.45) is 27.6 Å². The third kappa shape index (κ3) is 28.6. The second-order valence-electron chi connectivity index (χ2n) is 14.9. The van der Waals surface area contributed by atoms with Gasteiger partial charge in [-0.3, -0.25) is 23.4 Å². The van der Waals surface area contributed by atoms with Gasteiger partial charge in [0.15, 0.2) is 21.4 Å². The second kappa shape index (κ2) is 18.4. The van der Waals surface area contributed by atoms with Crippen molar-refractivity contribution in [1.82, 2.24) is 0 Å². The third-order valence-corrected chi connectivity index (χ3v) is 7.23. The lowest BCUT2D eigenvalue weighted by atomic mass is 9.88. The zero-order chi connectivity index (χ0) is 33.6. The summed E-state index contributed by atoms with van der Waals surface area (Å²) >= 11 is 0. The number of Topliss-reactive ketones (excluding diaryl/α,β-unsaturated/α-hetero) is 4. The van der Waals surface area contributed by atoms with E-state index in [0.29, 0.717) is 18.8 Å². The van der Waals surface area contributed by atoms with E-state index in [9.17, 15) is 31.8 Å². The van der Waals surface area contributed by atoms with Gasteiger partial charge in [-0.15, -0.1) is 0 Å². The lowest BCUT2D eigenvalue weighted by Gasteiger charge is -2.15. The highest BCUT2D eigenvalue weighted by molar-refractivity contribution is 7.91. The van der Waals surface area contributed by atoms with Gasteiger partial charge in [-0.2, -0.15) is 0 Å². The van der Waals surface area contributed by atoms with E-state index in [1.54, 1.807) is 34.1 Å². The molecular weight excluding hydrogens is 564 g/mol. The average molecular weight is 625 g/mol. The molecule has 0 spiro atoms. The molecule has 0 aromatic carbocycles. The molecule has 0 heterocycles. The molecule has 244 valence electrons. The van der Waals surface area contributed by atoms with E-state index < -0.39 is 26.1 Å². The standard InChI is InChI=1S/C9H16O.C8H16O2.C7H14O3S.C7H14O2S/c1-9(2,3)8(10)6-7-4-5-7;1-8(2,3)7(9)5-6-10-4;1-7(2,3)6(8)5-11(4,9)10;1-7(2,3)6(8)5-10(4)9/h7H,4-6H2,1-3H3;5-6H2,1-4H3;5H2,1-4H3;5H2,1-4H3. The minimum atomic E-state index is -3.16. The van der Waals surface area contributed by atoms with E-state index in [-0.39, 0.29) is 45.1 Å².